The molecular formula is C11H8N2O4. The summed E-state index contributed by atoms with van der Waals surface area (Å²) in [5, 5.41) is 8.72. The van der Waals surface area contributed by atoms with Crippen molar-refractivity contribution in [1.82, 2.24) is 9.97 Å². The predicted molar refractivity (Wildman–Crippen MR) is 60.1 cm³/mol. The van der Waals surface area contributed by atoms with E-state index in [1.54, 1.807) is 0 Å². The summed E-state index contributed by atoms with van der Waals surface area (Å²) in [6.45, 7) is 0. The number of nitrogens with one attached hydrogen (secondary N) is 2. The minimum Gasteiger partial charge on any atom is -0.478 e. The van der Waals surface area contributed by atoms with Crippen molar-refractivity contribution in [2.45, 2.75) is 0 Å². The van der Waals surface area contributed by atoms with Crippen LogP contribution in [0.2, 0.25) is 0 Å². The molecule has 0 bridgehead atoms. The fraction of sp³-hybridized carbons (Fsp3) is 0. The Morgan fingerprint density at radius 3 is 2.29 bits per heavy atom. The molecule has 1 aromatic carbocycles. The van der Waals surface area contributed by atoms with Crippen LogP contribution in [0.5, 0.6) is 0 Å². The third-order valence-electron chi connectivity index (χ3n) is 2.26. The normalized spacial score (nSPS) is 10.1. The first kappa shape index (κ1) is 10.9. The second-order valence-corrected chi connectivity index (χ2v) is 3.37. The van der Waals surface area contributed by atoms with Gasteiger partial charge in [0, 0.05) is 6.20 Å². The molecule has 0 aliphatic heterocycles. The number of aromatic amines is 2. The average molecular weight is 232 g/mol. The quantitative estimate of drug-likeness (QED) is 0.698. The number of carboxylic acid groups (broad SMARTS) is 1. The number of benzene rings is 1. The molecule has 0 saturated carbocycles. The van der Waals surface area contributed by atoms with Gasteiger partial charge in [-0.25, -0.2) is 9.59 Å². The summed E-state index contributed by atoms with van der Waals surface area (Å²) in [6.07, 6.45) is 1.29. The van der Waals surface area contributed by atoms with Crippen molar-refractivity contribution < 1.29 is 9.90 Å². The molecule has 0 atom stereocenters. The average Bonchev–Trinajstić information content (AvgIpc) is 2.29. The predicted octanol–water partition coefficient (Wildman–Crippen LogP) is 0.428. The highest BCUT2D eigenvalue weighted by atomic mass is 16.4. The maximum Gasteiger partial charge on any atom is 0.335 e. The Kier molecular flexibility index (Phi) is 2.61. The third kappa shape index (κ3) is 2.15. The van der Waals surface area contributed by atoms with Crippen molar-refractivity contribution in [3.8, 4) is 11.1 Å². The number of aromatic carboxylic acids is 1. The number of hydrogen-bond acceptors (Lipinski definition) is 3. The van der Waals surface area contributed by atoms with E-state index in [2.05, 4.69) is 9.97 Å². The van der Waals surface area contributed by atoms with Crippen molar-refractivity contribution in [1.29, 1.82) is 0 Å². The lowest BCUT2D eigenvalue weighted by Gasteiger charge is -2.00. The first-order valence-corrected chi connectivity index (χ1v) is 4.73. The zero-order chi connectivity index (χ0) is 12.4. The van der Waals surface area contributed by atoms with E-state index in [0.29, 0.717) is 5.56 Å². The molecule has 86 valence electrons. The van der Waals surface area contributed by atoms with E-state index in [1.807, 2.05) is 0 Å². The van der Waals surface area contributed by atoms with Crippen LogP contribution in [0.4, 0.5) is 0 Å². The van der Waals surface area contributed by atoms with Crippen molar-refractivity contribution in [3.05, 3.63) is 56.9 Å². The van der Waals surface area contributed by atoms with Crippen LogP contribution in [0, 0.1) is 0 Å². The topological polar surface area (TPSA) is 103 Å². The van der Waals surface area contributed by atoms with Crippen LogP contribution in [0.3, 0.4) is 0 Å². The molecule has 3 N–H and O–H groups in total. The van der Waals surface area contributed by atoms with E-state index in [-0.39, 0.29) is 11.1 Å². The van der Waals surface area contributed by atoms with Crippen molar-refractivity contribution in [3.63, 3.8) is 0 Å². The third-order valence-corrected chi connectivity index (χ3v) is 2.26. The summed E-state index contributed by atoms with van der Waals surface area (Å²) in [6, 6.07) is 5.79. The van der Waals surface area contributed by atoms with Crippen LogP contribution < -0.4 is 11.2 Å². The number of carbonyl (C=O) groups is 1. The van der Waals surface area contributed by atoms with Crippen LogP contribution >= 0.6 is 0 Å². The molecule has 0 radical (unpaired) electrons. The van der Waals surface area contributed by atoms with Crippen LogP contribution in [-0.4, -0.2) is 21.0 Å². The first-order chi connectivity index (χ1) is 8.08. The standard InChI is InChI=1S/C11H8N2O4/c14-9-8(5-12-11(17)13-9)6-1-3-7(4-2-6)10(15)16/h1-5H,(H,15,16)(H2,12,13,14,17). The molecule has 0 unspecified atom stereocenters. The van der Waals surface area contributed by atoms with Crippen molar-refractivity contribution in [2.75, 3.05) is 0 Å². The van der Waals surface area contributed by atoms with E-state index in [0.717, 1.165) is 0 Å². The Labute approximate surface area is 94.6 Å². The highest BCUT2D eigenvalue weighted by molar-refractivity contribution is 5.88. The van der Waals surface area contributed by atoms with Crippen LogP contribution in [-0.2, 0) is 0 Å². The Morgan fingerprint density at radius 1 is 1.12 bits per heavy atom. The zero-order valence-corrected chi connectivity index (χ0v) is 8.56. The molecule has 0 spiro atoms. The smallest absolute Gasteiger partial charge is 0.335 e. The van der Waals surface area contributed by atoms with Gasteiger partial charge in [-0.05, 0) is 17.7 Å². The van der Waals surface area contributed by atoms with Gasteiger partial charge in [0.1, 0.15) is 0 Å². The van der Waals surface area contributed by atoms with E-state index in [4.69, 9.17) is 5.11 Å². The van der Waals surface area contributed by atoms with Gasteiger partial charge < -0.3 is 10.1 Å². The molecule has 0 aliphatic rings. The minimum absolute atomic E-state index is 0.134. The molecule has 2 rings (SSSR count). The van der Waals surface area contributed by atoms with Gasteiger partial charge in [-0.15, -0.1) is 0 Å². The van der Waals surface area contributed by atoms with Gasteiger partial charge in [-0.1, -0.05) is 12.1 Å². The van der Waals surface area contributed by atoms with Crippen LogP contribution in [0.25, 0.3) is 11.1 Å². The van der Waals surface area contributed by atoms with Crippen LogP contribution in [0.1, 0.15) is 10.4 Å². The molecule has 6 heteroatoms. The van der Waals surface area contributed by atoms with Crippen molar-refractivity contribution >= 4 is 5.97 Å². The lowest BCUT2D eigenvalue weighted by Crippen LogP contribution is -2.22. The second kappa shape index (κ2) is 4.09. The van der Waals surface area contributed by atoms with E-state index >= 15 is 0 Å². The lowest BCUT2D eigenvalue weighted by molar-refractivity contribution is 0.0697. The summed E-state index contributed by atoms with van der Waals surface area (Å²) in [7, 11) is 0. The van der Waals surface area contributed by atoms with Gasteiger partial charge in [-0.2, -0.15) is 0 Å². The monoisotopic (exact) mass is 232 g/mol. The van der Waals surface area contributed by atoms with Gasteiger partial charge in [0.15, 0.2) is 0 Å². The lowest BCUT2D eigenvalue weighted by atomic mass is 10.1. The molecule has 1 aromatic heterocycles. The maximum atomic E-state index is 11.5. The van der Waals surface area contributed by atoms with Crippen LogP contribution in [0.15, 0.2) is 40.1 Å². The SMILES string of the molecule is O=C(O)c1ccc(-c2c[nH]c(=O)[nH]c2=O)cc1. The number of carboxylic acids is 1. The maximum absolute atomic E-state index is 11.5. The molecule has 17 heavy (non-hydrogen) atoms. The van der Waals surface area contributed by atoms with Gasteiger partial charge in [0.05, 0.1) is 11.1 Å². The zero-order valence-electron chi connectivity index (χ0n) is 8.56. The fourth-order valence-electron chi connectivity index (χ4n) is 1.42. The highest BCUT2D eigenvalue weighted by Crippen LogP contribution is 2.14. The van der Waals surface area contributed by atoms with Gasteiger partial charge >= 0.3 is 11.7 Å². The van der Waals surface area contributed by atoms with E-state index < -0.39 is 17.2 Å². The molecule has 0 aliphatic carbocycles. The first-order valence-electron chi connectivity index (χ1n) is 4.73. The summed E-state index contributed by atoms with van der Waals surface area (Å²) in [5.74, 6) is -1.04. The largest absolute Gasteiger partial charge is 0.478 e. The van der Waals surface area contributed by atoms with E-state index in [1.165, 1.54) is 30.5 Å². The minimum atomic E-state index is -1.04. The number of hydrogen-bond donors (Lipinski definition) is 3. The Morgan fingerprint density at radius 2 is 1.76 bits per heavy atom. The number of H-pyrrole nitrogens is 2. The molecule has 0 saturated heterocycles. The summed E-state index contributed by atoms with van der Waals surface area (Å²) < 4.78 is 0. The molecule has 6 nitrogen and oxygen atoms in total. The van der Waals surface area contributed by atoms with E-state index in [9.17, 15) is 14.4 Å². The molecule has 1 heterocycles. The second-order valence-electron chi connectivity index (χ2n) is 3.37. The molecular weight excluding hydrogens is 224 g/mol. The van der Waals surface area contributed by atoms with Crippen molar-refractivity contribution in [2.24, 2.45) is 0 Å². The highest BCUT2D eigenvalue weighted by Gasteiger charge is 2.06. The number of aromatic nitrogens is 2. The Balaban J connectivity index is 2.50. The Hall–Kier alpha value is -2.63. The summed E-state index contributed by atoms with van der Waals surface area (Å²) in [4.78, 5) is 37.4. The fourth-order valence-corrected chi connectivity index (χ4v) is 1.42. The van der Waals surface area contributed by atoms with Gasteiger partial charge in [0.25, 0.3) is 5.56 Å². The Bertz CT molecular complexity index is 667. The molecule has 0 amide bonds. The van der Waals surface area contributed by atoms with Gasteiger partial charge in [-0.3, -0.25) is 9.78 Å². The molecule has 2 aromatic rings. The summed E-state index contributed by atoms with van der Waals surface area (Å²) >= 11 is 0. The summed E-state index contributed by atoms with van der Waals surface area (Å²) in [5.41, 5.74) is -0.152. The number of rotatable bonds is 2. The van der Waals surface area contributed by atoms with Gasteiger partial charge in [0.2, 0.25) is 0 Å². The molecule has 0 fully saturated rings.